The van der Waals surface area contributed by atoms with Crippen LogP contribution in [-0.4, -0.2) is 6.36 Å². The van der Waals surface area contributed by atoms with Crippen LogP contribution >= 0.6 is 23.2 Å². The monoisotopic (exact) mass is 229 g/mol. The van der Waals surface area contributed by atoms with Crippen molar-refractivity contribution in [1.29, 1.82) is 0 Å². The van der Waals surface area contributed by atoms with Gasteiger partial charge in [0.1, 0.15) is 10.8 Å². The molecule has 1 rings (SSSR count). The number of rotatable bonds is 1. The van der Waals surface area contributed by atoms with E-state index >= 15 is 0 Å². The number of hydrogen-bond acceptors (Lipinski definition) is 1. The van der Waals surface area contributed by atoms with E-state index in [0.29, 0.717) is 0 Å². The molecule has 13 heavy (non-hydrogen) atoms. The largest absolute Gasteiger partial charge is 0.573 e. The molecule has 0 aromatic heterocycles. The normalized spacial score (nSPS) is 11.5. The van der Waals surface area contributed by atoms with Gasteiger partial charge in [-0.2, -0.15) is 0 Å². The van der Waals surface area contributed by atoms with Gasteiger partial charge >= 0.3 is 6.36 Å². The Balaban J connectivity index is 2.96. The van der Waals surface area contributed by atoms with Gasteiger partial charge in [0, 0.05) is 0 Å². The van der Waals surface area contributed by atoms with Crippen molar-refractivity contribution in [1.82, 2.24) is 0 Å². The molecular formula is C7H2Cl2F3O. The van der Waals surface area contributed by atoms with Gasteiger partial charge in [0.05, 0.1) is 5.02 Å². The molecule has 0 saturated heterocycles. The zero-order valence-corrected chi connectivity index (χ0v) is 7.46. The summed E-state index contributed by atoms with van der Waals surface area (Å²) in [7, 11) is 0. The summed E-state index contributed by atoms with van der Waals surface area (Å²) in [5, 5.41) is -0.318. The first kappa shape index (κ1) is 10.5. The fraction of sp³-hybridized carbons (Fsp3) is 0.143. The minimum Gasteiger partial charge on any atom is -0.404 e. The molecule has 0 amide bonds. The van der Waals surface area contributed by atoms with Gasteiger partial charge in [-0.1, -0.05) is 23.2 Å². The first-order valence-electron chi connectivity index (χ1n) is 3.01. The predicted octanol–water partition coefficient (Wildman–Crippen LogP) is 3.69. The molecular weight excluding hydrogens is 228 g/mol. The van der Waals surface area contributed by atoms with Crippen molar-refractivity contribution in [2.75, 3.05) is 0 Å². The quantitative estimate of drug-likeness (QED) is 0.714. The molecule has 1 aromatic rings. The van der Waals surface area contributed by atoms with E-state index in [1.54, 1.807) is 0 Å². The summed E-state index contributed by atoms with van der Waals surface area (Å²) < 4.78 is 38.7. The molecule has 0 N–H and O–H groups in total. The van der Waals surface area contributed by atoms with Gasteiger partial charge in [0.2, 0.25) is 0 Å². The molecule has 0 atom stereocenters. The lowest BCUT2D eigenvalue weighted by molar-refractivity contribution is -0.274. The van der Waals surface area contributed by atoms with Crippen LogP contribution in [0.2, 0.25) is 10.0 Å². The second kappa shape index (κ2) is 3.64. The number of alkyl halides is 3. The highest BCUT2D eigenvalue weighted by Gasteiger charge is 2.32. The summed E-state index contributed by atoms with van der Waals surface area (Å²) >= 11 is 10.9. The van der Waals surface area contributed by atoms with Crippen LogP contribution < -0.4 is 4.74 Å². The number of ether oxygens (including phenoxy) is 1. The Kier molecular flexibility index (Phi) is 2.93. The Hall–Kier alpha value is -0.610. The molecule has 71 valence electrons. The van der Waals surface area contributed by atoms with Gasteiger partial charge in [0.25, 0.3) is 0 Å². The van der Waals surface area contributed by atoms with Crippen molar-refractivity contribution >= 4 is 23.2 Å². The first-order chi connectivity index (χ1) is 5.90. The lowest BCUT2D eigenvalue weighted by Gasteiger charge is -2.10. The van der Waals surface area contributed by atoms with Crippen molar-refractivity contribution in [3.63, 3.8) is 0 Å². The van der Waals surface area contributed by atoms with E-state index in [-0.39, 0.29) is 10.0 Å². The van der Waals surface area contributed by atoms with Crippen LogP contribution in [0.1, 0.15) is 0 Å². The van der Waals surface area contributed by atoms with E-state index in [0.717, 1.165) is 6.07 Å². The van der Waals surface area contributed by atoms with Crippen LogP contribution in [0.15, 0.2) is 12.1 Å². The first-order valence-corrected chi connectivity index (χ1v) is 3.76. The van der Waals surface area contributed by atoms with Crippen LogP contribution in [0.3, 0.4) is 0 Å². The van der Waals surface area contributed by atoms with E-state index in [1.807, 2.05) is 0 Å². The molecule has 0 spiro atoms. The second-order valence-electron chi connectivity index (χ2n) is 2.03. The van der Waals surface area contributed by atoms with E-state index in [2.05, 4.69) is 10.8 Å². The third-order valence-electron chi connectivity index (χ3n) is 1.08. The SMILES string of the molecule is FC(F)(F)Oc1c[c]cc(Cl)c1Cl. The van der Waals surface area contributed by atoms with Crippen LogP contribution in [0.5, 0.6) is 5.75 Å². The van der Waals surface area contributed by atoms with E-state index < -0.39 is 12.1 Å². The Labute approximate surface area is 82.0 Å². The topological polar surface area (TPSA) is 9.23 Å². The zero-order chi connectivity index (χ0) is 10.1. The lowest BCUT2D eigenvalue weighted by Crippen LogP contribution is -2.17. The van der Waals surface area contributed by atoms with Gasteiger partial charge in [-0.05, 0) is 18.2 Å². The maximum atomic E-state index is 11.7. The summed E-state index contributed by atoms with van der Waals surface area (Å²) in [5.41, 5.74) is 0. The van der Waals surface area contributed by atoms with Gasteiger partial charge in [-0.3, -0.25) is 0 Å². The number of hydrogen-bond donors (Lipinski definition) is 0. The van der Waals surface area contributed by atoms with Gasteiger partial charge in [0.15, 0.2) is 0 Å². The van der Waals surface area contributed by atoms with Crippen molar-refractivity contribution in [3.8, 4) is 5.75 Å². The average molecular weight is 230 g/mol. The highest BCUT2D eigenvalue weighted by molar-refractivity contribution is 6.42. The smallest absolute Gasteiger partial charge is 0.404 e. The second-order valence-corrected chi connectivity index (χ2v) is 2.81. The van der Waals surface area contributed by atoms with Crippen LogP contribution in [-0.2, 0) is 0 Å². The minimum absolute atomic E-state index is 0.0385. The van der Waals surface area contributed by atoms with Crippen LogP contribution in [0.25, 0.3) is 0 Å². The lowest BCUT2D eigenvalue weighted by atomic mass is 10.3. The van der Waals surface area contributed by atoms with Crippen molar-refractivity contribution < 1.29 is 17.9 Å². The summed E-state index contributed by atoms with van der Waals surface area (Å²) in [6.07, 6.45) is -4.78. The van der Waals surface area contributed by atoms with Crippen LogP contribution in [0.4, 0.5) is 13.2 Å². The van der Waals surface area contributed by atoms with Crippen molar-refractivity contribution in [2.45, 2.75) is 6.36 Å². The summed E-state index contributed by atoms with van der Waals surface area (Å²) in [6.45, 7) is 0. The molecule has 0 aliphatic carbocycles. The maximum Gasteiger partial charge on any atom is 0.573 e. The molecule has 0 bridgehead atoms. The van der Waals surface area contributed by atoms with Crippen molar-refractivity contribution in [3.05, 3.63) is 28.2 Å². The number of benzene rings is 1. The van der Waals surface area contributed by atoms with E-state index in [4.69, 9.17) is 23.2 Å². The van der Waals surface area contributed by atoms with E-state index in [9.17, 15) is 13.2 Å². The Morgan fingerprint density at radius 3 is 2.38 bits per heavy atom. The molecule has 1 nitrogen and oxygen atoms in total. The molecule has 6 heteroatoms. The van der Waals surface area contributed by atoms with Gasteiger partial charge in [-0.25, -0.2) is 0 Å². The highest BCUT2D eigenvalue weighted by Crippen LogP contribution is 2.34. The van der Waals surface area contributed by atoms with E-state index in [1.165, 1.54) is 6.07 Å². The minimum atomic E-state index is -4.78. The molecule has 1 aromatic carbocycles. The molecule has 0 fully saturated rings. The molecule has 0 unspecified atom stereocenters. The Bertz CT molecular complexity index is 311. The molecule has 0 aliphatic heterocycles. The Morgan fingerprint density at radius 1 is 1.23 bits per heavy atom. The Morgan fingerprint density at radius 2 is 1.85 bits per heavy atom. The molecule has 1 radical (unpaired) electrons. The molecule has 0 heterocycles. The third-order valence-corrected chi connectivity index (χ3v) is 1.86. The predicted molar refractivity (Wildman–Crippen MR) is 42.0 cm³/mol. The maximum absolute atomic E-state index is 11.7. The molecule has 0 aliphatic rings. The van der Waals surface area contributed by atoms with Gasteiger partial charge < -0.3 is 4.74 Å². The third kappa shape index (κ3) is 2.97. The van der Waals surface area contributed by atoms with Crippen LogP contribution in [0, 0.1) is 6.07 Å². The average Bonchev–Trinajstić information content (AvgIpc) is 1.96. The molecule has 0 saturated carbocycles. The van der Waals surface area contributed by atoms with Gasteiger partial charge in [-0.15, -0.1) is 13.2 Å². The fourth-order valence-electron chi connectivity index (χ4n) is 0.634. The standard InChI is InChI=1S/C7H2Cl2F3O/c8-4-2-1-3-5(6(4)9)13-7(10,11)12/h2-3H. The summed E-state index contributed by atoms with van der Waals surface area (Å²) in [5.74, 6) is -0.554. The van der Waals surface area contributed by atoms with Crippen molar-refractivity contribution in [2.24, 2.45) is 0 Å². The highest BCUT2D eigenvalue weighted by atomic mass is 35.5. The number of halogens is 5. The summed E-state index contributed by atoms with van der Waals surface area (Å²) in [4.78, 5) is 0. The summed E-state index contributed by atoms with van der Waals surface area (Å²) in [6, 6.07) is 4.55. The fourth-order valence-corrected chi connectivity index (χ4v) is 0.938. The zero-order valence-electron chi connectivity index (χ0n) is 5.95.